The van der Waals surface area contributed by atoms with Crippen molar-refractivity contribution in [2.45, 2.75) is 13.5 Å². The molecule has 1 amide bonds. The fraction of sp³-hybridized carbons (Fsp3) is 0.300. The third-order valence-corrected chi connectivity index (χ3v) is 5.46. The Morgan fingerprint density at radius 2 is 2.04 bits per heavy atom. The average molecular weight is 367 g/mol. The van der Waals surface area contributed by atoms with Gasteiger partial charge in [0.25, 0.3) is 5.91 Å². The molecule has 4 rings (SSSR count). The van der Waals surface area contributed by atoms with E-state index in [0.29, 0.717) is 11.5 Å². The highest BCUT2D eigenvalue weighted by Gasteiger charge is 2.24. The average Bonchev–Trinajstić information content (AvgIpc) is 3.33. The molecule has 1 aliphatic rings. The normalized spacial score (nSPS) is 15.3. The first-order valence-corrected chi connectivity index (χ1v) is 9.63. The Labute approximate surface area is 156 Å². The summed E-state index contributed by atoms with van der Waals surface area (Å²) in [5.74, 6) is 0.714. The van der Waals surface area contributed by atoms with Crippen LogP contribution in [0, 0.1) is 6.92 Å². The number of piperazine rings is 1. The third kappa shape index (κ3) is 3.71. The van der Waals surface area contributed by atoms with Gasteiger partial charge in [-0.3, -0.25) is 9.69 Å². The van der Waals surface area contributed by atoms with Gasteiger partial charge in [0.15, 0.2) is 10.8 Å². The second-order valence-corrected chi connectivity index (χ2v) is 7.43. The number of thiazole rings is 1. The van der Waals surface area contributed by atoms with Crippen LogP contribution in [0.2, 0.25) is 0 Å². The molecular weight excluding hydrogens is 346 g/mol. The van der Waals surface area contributed by atoms with E-state index < -0.39 is 0 Å². The Morgan fingerprint density at radius 1 is 1.19 bits per heavy atom. The van der Waals surface area contributed by atoms with Crippen LogP contribution in [0.5, 0.6) is 0 Å². The molecule has 1 fully saturated rings. The van der Waals surface area contributed by atoms with Gasteiger partial charge in [0.1, 0.15) is 5.69 Å². The van der Waals surface area contributed by atoms with Gasteiger partial charge in [-0.15, -0.1) is 11.3 Å². The van der Waals surface area contributed by atoms with Crippen molar-refractivity contribution in [3.8, 4) is 10.8 Å². The van der Waals surface area contributed by atoms with E-state index in [4.69, 9.17) is 4.42 Å². The number of furan rings is 1. The first-order valence-electron chi connectivity index (χ1n) is 8.75. The first-order chi connectivity index (χ1) is 12.7. The van der Waals surface area contributed by atoms with Gasteiger partial charge in [0.05, 0.1) is 6.26 Å². The summed E-state index contributed by atoms with van der Waals surface area (Å²) < 4.78 is 5.35. The number of carbonyl (C=O) groups is 1. The first kappa shape index (κ1) is 17.0. The summed E-state index contributed by atoms with van der Waals surface area (Å²) in [6.45, 7) is 6.29. The van der Waals surface area contributed by atoms with Crippen LogP contribution >= 0.6 is 11.3 Å². The Morgan fingerprint density at radius 3 is 2.77 bits per heavy atom. The molecular formula is C20H21N3O2S. The molecule has 0 N–H and O–H groups in total. The minimum absolute atomic E-state index is 0.00858. The molecule has 0 unspecified atom stereocenters. The molecule has 0 saturated carbocycles. The molecule has 1 aliphatic heterocycles. The van der Waals surface area contributed by atoms with Gasteiger partial charge in [0, 0.05) is 38.1 Å². The molecule has 0 spiro atoms. The Hall–Kier alpha value is -2.44. The molecule has 0 radical (unpaired) electrons. The number of benzene rings is 1. The summed E-state index contributed by atoms with van der Waals surface area (Å²) in [7, 11) is 0. The molecule has 3 heterocycles. The Balaban J connectivity index is 1.35. The summed E-state index contributed by atoms with van der Waals surface area (Å²) in [6, 6.07) is 12.3. The van der Waals surface area contributed by atoms with Gasteiger partial charge in [-0.1, -0.05) is 29.8 Å². The van der Waals surface area contributed by atoms with Gasteiger partial charge < -0.3 is 9.32 Å². The SMILES string of the molecule is Cc1cccc(CN2CCN(C(=O)c3csc(-c4ccco4)n3)CC2)c1. The largest absolute Gasteiger partial charge is 0.462 e. The minimum atomic E-state index is 0.00858. The van der Waals surface area contributed by atoms with Crippen molar-refractivity contribution in [3.63, 3.8) is 0 Å². The molecule has 5 nitrogen and oxygen atoms in total. The molecule has 0 aliphatic carbocycles. The second kappa shape index (κ2) is 7.43. The van der Waals surface area contributed by atoms with E-state index in [1.165, 1.54) is 22.5 Å². The number of rotatable bonds is 4. The predicted molar refractivity (Wildman–Crippen MR) is 102 cm³/mol. The summed E-state index contributed by atoms with van der Waals surface area (Å²) in [5, 5.41) is 2.57. The summed E-state index contributed by atoms with van der Waals surface area (Å²) >= 11 is 1.44. The van der Waals surface area contributed by atoms with Gasteiger partial charge >= 0.3 is 0 Å². The van der Waals surface area contributed by atoms with Crippen molar-refractivity contribution in [2.24, 2.45) is 0 Å². The van der Waals surface area contributed by atoms with Crippen LogP contribution in [0.1, 0.15) is 21.6 Å². The van der Waals surface area contributed by atoms with Crippen molar-refractivity contribution >= 4 is 17.2 Å². The van der Waals surface area contributed by atoms with Gasteiger partial charge in [-0.05, 0) is 24.6 Å². The highest BCUT2D eigenvalue weighted by atomic mass is 32.1. The smallest absolute Gasteiger partial charge is 0.273 e. The van der Waals surface area contributed by atoms with Crippen LogP contribution < -0.4 is 0 Å². The quantitative estimate of drug-likeness (QED) is 0.706. The maximum atomic E-state index is 12.7. The van der Waals surface area contributed by atoms with Crippen molar-refractivity contribution in [1.29, 1.82) is 0 Å². The number of amides is 1. The summed E-state index contributed by atoms with van der Waals surface area (Å²) in [4.78, 5) is 21.5. The fourth-order valence-corrected chi connectivity index (χ4v) is 3.99. The number of carbonyl (C=O) groups excluding carboxylic acids is 1. The van der Waals surface area contributed by atoms with Crippen LogP contribution in [-0.2, 0) is 6.54 Å². The Kier molecular flexibility index (Phi) is 4.86. The number of aryl methyl sites for hydroxylation is 1. The zero-order chi connectivity index (χ0) is 17.9. The topological polar surface area (TPSA) is 49.6 Å². The molecule has 0 bridgehead atoms. The minimum Gasteiger partial charge on any atom is -0.462 e. The molecule has 2 aromatic heterocycles. The van der Waals surface area contributed by atoms with Crippen molar-refractivity contribution < 1.29 is 9.21 Å². The number of hydrogen-bond acceptors (Lipinski definition) is 5. The molecule has 26 heavy (non-hydrogen) atoms. The zero-order valence-electron chi connectivity index (χ0n) is 14.7. The van der Waals surface area contributed by atoms with Gasteiger partial charge in [-0.2, -0.15) is 0 Å². The monoisotopic (exact) mass is 367 g/mol. The molecule has 3 aromatic rings. The predicted octanol–water partition coefficient (Wildman–Crippen LogP) is 3.67. The van der Waals surface area contributed by atoms with E-state index >= 15 is 0 Å². The van der Waals surface area contributed by atoms with Crippen molar-refractivity contribution in [2.75, 3.05) is 26.2 Å². The van der Waals surface area contributed by atoms with Crippen LogP contribution in [0.25, 0.3) is 10.8 Å². The maximum Gasteiger partial charge on any atom is 0.273 e. The lowest BCUT2D eigenvalue weighted by Gasteiger charge is -2.34. The van der Waals surface area contributed by atoms with Crippen LogP contribution in [-0.4, -0.2) is 46.9 Å². The molecule has 1 aromatic carbocycles. The van der Waals surface area contributed by atoms with E-state index in [-0.39, 0.29) is 5.91 Å². The summed E-state index contributed by atoms with van der Waals surface area (Å²) in [6.07, 6.45) is 1.62. The van der Waals surface area contributed by atoms with Gasteiger partial charge in [-0.25, -0.2) is 4.98 Å². The van der Waals surface area contributed by atoms with E-state index in [1.54, 1.807) is 6.26 Å². The van der Waals surface area contributed by atoms with Crippen LogP contribution in [0.4, 0.5) is 0 Å². The van der Waals surface area contributed by atoms with Crippen molar-refractivity contribution in [3.05, 3.63) is 64.9 Å². The van der Waals surface area contributed by atoms with E-state index in [1.807, 2.05) is 22.4 Å². The molecule has 6 heteroatoms. The maximum absolute atomic E-state index is 12.7. The molecule has 134 valence electrons. The molecule has 0 atom stereocenters. The lowest BCUT2D eigenvalue weighted by atomic mass is 10.1. The van der Waals surface area contributed by atoms with Crippen LogP contribution in [0.15, 0.2) is 52.5 Å². The lowest BCUT2D eigenvalue weighted by molar-refractivity contribution is 0.0623. The number of aromatic nitrogens is 1. The second-order valence-electron chi connectivity index (χ2n) is 6.57. The van der Waals surface area contributed by atoms with E-state index in [2.05, 4.69) is 41.1 Å². The fourth-order valence-electron chi connectivity index (χ4n) is 3.23. The highest BCUT2D eigenvalue weighted by Crippen LogP contribution is 2.24. The third-order valence-electron chi connectivity index (χ3n) is 4.60. The number of hydrogen-bond donors (Lipinski definition) is 0. The number of nitrogens with zero attached hydrogens (tertiary/aromatic N) is 3. The Bertz CT molecular complexity index is 880. The van der Waals surface area contributed by atoms with Gasteiger partial charge in [0.2, 0.25) is 0 Å². The van der Waals surface area contributed by atoms with E-state index in [0.717, 1.165) is 37.7 Å². The zero-order valence-corrected chi connectivity index (χ0v) is 15.5. The van der Waals surface area contributed by atoms with Crippen molar-refractivity contribution in [1.82, 2.24) is 14.8 Å². The van der Waals surface area contributed by atoms with Crippen LogP contribution in [0.3, 0.4) is 0 Å². The molecule has 1 saturated heterocycles. The summed E-state index contributed by atoms with van der Waals surface area (Å²) in [5.41, 5.74) is 3.12. The standard InChI is InChI=1S/C20H21N3O2S/c1-15-4-2-5-16(12-15)13-22-7-9-23(10-8-22)20(24)17-14-26-19(21-17)18-6-3-11-25-18/h2-6,11-12,14H,7-10,13H2,1H3. The lowest BCUT2D eigenvalue weighted by Crippen LogP contribution is -2.48. The van der Waals surface area contributed by atoms with E-state index in [9.17, 15) is 4.79 Å². The highest BCUT2D eigenvalue weighted by molar-refractivity contribution is 7.13.